The Hall–Kier alpha value is -3.29. The fourth-order valence-electron chi connectivity index (χ4n) is 2.73. The molecule has 2 amide bonds. The monoisotopic (exact) mass is 377 g/mol. The van der Waals surface area contributed by atoms with Crippen molar-refractivity contribution in [2.24, 2.45) is 0 Å². The molecule has 0 unspecified atom stereocenters. The molecule has 0 saturated heterocycles. The Bertz CT molecular complexity index is 979. The summed E-state index contributed by atoms with van der Waals surface area (Å²) >= 11 is 0. The lowest BCUT2D eigenvalue weighted by Gasteiger charge is -2.16. The zero-order valence-electron chi connectivity index (χ0n) is 14.3. The van der Waals surface area contributed by atoms with Gasteiger partial charge < -0.3 is 9.84 Å². The smallest absolute Gasteiger partial charge is 0.502 e. The molecule has 2 aromatic carbocycles. The molecular formula is C19H14F3NO4. The summed E-state index contributed by atoms with van der Waals surface area (Å²) in [4.78, 5) is 25.7. The van der Waals surface area contributed by atoms with Crippen molar-refractivity contribution in [3.8, 4) is 5.75 Å². The highest BCUT2D eigenvalue weighted by Gasteiger charge is 2.40. The Morgan fingerprint density at radius 2 is 1.67 bits per heavy atom. The maximum absolute atomic E-state index is 12.7. The number of aliphatic hydroxyl groups is 1. The molecule has 2 aromatic rings. The maximum Gasteiger partial charge on any atom is 0.573 e. The number of benzene rings is 2. The van der Waals surface area contributed by atoms with Crippen LogP contribution in [-0.2, 0) is 9.59 Å². The van der Waals surface area contributed by atoms with Crippen molar-refractivity contribution in [2.75, 3.05) is 4.90 Å². The van der Waals surface area contributed by atoms with Gasteiger partial charge >= 0.3 is 12.3 Å². The predicted molar refractivity (Wildman–Crippen MR) is 91.1 cm³/mol. The normalized spacial score (nSPS) is 14.9. The van der Waals surface area contributed by atoms with Gasteiger partial charge in [0, 0.05) is 6.07 Å². The summed E-state index contributed by atoms with van der Waals surface area (Å²) < 4.78 is 41.0. The molecule has 0 aliphatic carbocycles. The third-order valence-corrected chi connectivity index (χ3v) is 4.16. The van der Waals surface area contributed by atoms with Gasteiger partial charge in [0.15, 0.2) is 5.76 Å². The number of nitrogens with zero attached hydrogens (tertiary/aromatic N) is 1. The second-order valence-electron chi connectivity index (χ2n) is 6.01. The van der Waals surface area contributed by atoms with E-state index in [1.807, 2.05) is 13.8 Å². The Morgan fingerprint density at radius 1 is 0.963 bits per heavy atom. The summed E-state index contributed by atoms with van der Waals surface area (Å²) in [5.74, 6) is -3.19. The summed E-state index contributed by atoms with van der Waals surface area (Å²) in [7, 11) is 0. The van der Waals surface area contributed by atoms with E-state index in [4.69, 9.17) is 0 Å². The van der Waals surface area contributed by atoms with Gasteiger partial charge in [-0.1, -0.05) is 24.3 Å². The van der Waals surface area contributed by atoms with E-state index in [9.17, 15) is 27.9 Å². The first-order chi connectivity index (χ1) is 12.6. The van der Waals surface area contributed by atoms with Crippen LogP contribution in [0.15, 0.2) is 48.2 Å². The molecule has 0 radical (unpaired) electrons. The Balaban J connectivity index is 1.99. The molecule has 1 heterocycles. The highest BCUT2D eigenvalue weighted by Crippen LogP contribution is 2.34. The molecule has 0 bridgehead atoms. The van der Waals surface area contributed by atoms with E-state index in [-0.39, 0.29) is 11.3 Å². The number of hydrogen-bond acceptors (Lipinski definition) is 4. The van der Waals surface area contributed by atoms with Gasteiger partial charge in [-0.3, -0.25) is 9.59 Å². The number of anilines is 1. The van der Waals surface area contributed by atoms with E-state index >= 15 is 0 Å². The van der Waals surface area contributed by atoms with E-state index in [2.05, 4.69) is 4.74 Å². The number of carbonyl (C=O) groups excluding carboxylic acids is 2. The van der Waals surface area contributed by atoms with E-state index in [0.717, 1.165) is 23.3 Å². The van der Waals surface area contributed by atoms with Crippen molar-refractivity contribution >= 4 is 23.1 Å². The largest absolute Gasteiger partial charge is 0.573 e. The topological polar surface area (TPSA) is 66.8 Å². The van der Waals surface area contributed by atoms with Gasteiger partial charge in [0.25, 0.3) is 5.91 Å². The minimum Gasteiger partial charge on any atom is -0.502 e. The van der Waals surface area contributed by atoms with E-state index in [1.54, 1.807) is 18.2 Å². The standard InChI is InChI=1S/C19H14F3NO4/c1-10-6-7-12(8-11(10)2)15-16(24)18(26)23(17(15)25)13-4-3-5-14(9-13)27-19(20,21)22/h3-9,24H,1-2H3. The summed E-state index contributed by atoms with van der Waals surface area (Å²) in [6.45, 7) is 3.68. The van der Waals surface area contributed by atoms with Gasteiger partial charge in [0.2, 0.25) is 0 Å². The highest BCUT2D eigenvalue weighted by molar-refractivity contribution is 6.44. The van der Waals surface area contributed by atoms with Crippen molar-refractivity contribution in [2.45, 2.75) is 20.2 Å². The molecule has 0 fully saturated rings. The number of halogens is 3. The average Bonchev–Trinajstić information content (AvgIpc) is 2.78. The average molecular weight is 377 g/mol. The van der Waals surface area contributed by atoms with Gasteiger partial charge in [-0.15, -0.1) is 13.2 Å². The molecule has 0 atom stereocenters. The summed E-state index contributed by atoms with van der Waals surface area (Å²) in [6, 6.07) is 9.41. The zero-order chi connectivity index (χ0) is 19.9. The molecule has 27 heavy (non-hydrogen) atoms. The fraction of sp³-hybridized carbons (Fsp3) is 0.158. The van der Waals surface area contributed by atoms with Crippen LogP contribution in [0.1, 0.15) is 16.7 Å². The van der Waals surface area contributed by atoms with Gasteiger partial charge in [-0.2, -0.15) is 0 Å². The van der Waals surface area contributed by atoms with Crippen molar-refractivity contribution in [3.63, 3.8) is 0 Å². The van der Waals surface area contributed by atoms with Crippen molar-refractivity contribution in [1.82, 2.24) is 0 Å². The molecule has 1 N–H and O–H groups in total. The lowest BCUT2D eigenvalue weighted by Crippen LogP contribution is -2.31. The summed E-state index contributed by atoms with van der Waals surface area (Å²) in [5.41, 5.74) is 1.82. The molecule has 8 heteroatoms. The number of ether oxygens (including phenoxy) is 1. The Kier molecular flexibility index (Phi) is 4.43. The number of imide groups is 1. The van der Waals surface area contributed by atoms with Crippen molar-refractivity contribution < 1.29 is 32.6 Å². The number of rotatable bonds is 3. The lowest BCUT2D eigenvalue weighted by molar-refractivity contribution is -0.274. The first-order valence-electron chi connectivity index (χ1n) is 7.84. The molecular weight excluding hydrogens is 363 g/mol. The van der Waals surface area contributed by atoms with Gasteiger partial charge in [0.1, 0.15) is 5.75 Å². The number of alkyl halides is 3. The van der Waals surface area contributed by atoms with Gasteiger partial charge in [-0.05, 0) is 42.7 Å². The zero-order valence-corrected chi connectivity index (χ0v) is 14.3. The Labute approximate surface area is 152 Å². The summed E-state index contributed by atoms with van der Waals surface area (Å²) in [6.07, 6.45) is -4.91. The first kappa shape index (κ1) is 18.5. The van der Waals surface area contributed by atoms with E-state index in [1.165, 1.54) is 12.1 Å². The number of aryl methyl sites for hydroxylation is 2. The number of carbonyl (C=O) groups is 2. The van der Waals surface area contributed by atoms with Crippen LogP contribution in [0.4, 0.5) is 18.9 Å². The molecule has 0 spiro atoms. The predicted octanol–water partition coefficient (Wildman–Crippen LogP) is 4.04. The van der Waals surface area contributed by atoms with Gasteiger partial charge in [-0.25, -0.2) is 4.90 Å². The van der Waals surface area contributed by atoms with Crippen LogP contribution in [0.3, 0.4) is 0 Å². The van der Waals surface area contributed by atoms with Crippen LogP contribution >= 0.6 is 0 Å². The summed E-state index contributed by atoms with van der Waals surface area (Å²) in [5, 5.41) is 10.2. The van der Waals surface area contributed by atoms with Crippen LogP contribution in [0.25, 0.3) is 5.57 Å². The molecule has 1 aliphatic heterocycles. The van der Waals surface area contributed by atoms with Crippen LogP contribution < -0.4 is 9.64 Å². The molecule has 1 aliphatic rings. The molecule has 5 nitrogen and oxygen atoms in total. The number of aliphatic hydroxyl groups excluding tert-OH is 1. The van der Waals surface area contributed by atoms with Crippen LogP contribution in [-0.4, -0.2) is 23.3 Å². The SMILES string of the molecule is Cc1ccc(C2=C(O)C(=O)N(c3cccc(OC(F)(F)F)c3)C2=O)cc1C. The van der Waals surface area contributed by atoms with Crippen LogP contribution in [0, 0.1) is 13.8 Å². The minimum absolute atomic E-state index is 0.142. The lowest BCUT2D eigenvalue weighted by atomic mass is 10.00. The van der Waals surface area contributed by atoms with Crippen molar-refractivity contribution in [3.05, 3.63) is 64.9 Å². The number of amides is 2. The fourth-order valence-corrected chi connectivity index (χ4v) is 2.73. The Morgan fingerprint density at radius 3 is 2.30 bits per heavy atom. The third-order valence-electron chi connectivity index (χ3n) is 4.16. The van der Waals surface area contributed by atoms with E-state index < -0.39 is 29.7 Å². The number of hydrogen-bond donors (Lipinski definition) is 1. The molecule has 0 saturated carbocycles. The highest BCUT2D eigenvalue weighted by atomic mass is 19.4. The van der Waals surface area contributed by atoms with Crippen molar-refractivity contribution in [1.29, 1.82) is 0 Å². The van der Waals surface area contributed by atoms with Gasteiger partial charge in [0.05, 0.1) is 11.3 Å². The quantitative estimate of drug-likeness (QED) is 0.820. The minimum atomic E-state index is -4.91. The molecule has 140 valence electrons. The van der Waals surface area contributed by atoms with E-state index in [0.29, 0.717) is 10.5 Å². The molecule has 0 aromatic heterocycles. The molecule has 3 rings (SSSR count). The van der Waals surface area contributed by atoms with Crippen LogP contribution in [0.2, 0.25) is 0 Å². The third kappa shape index (κ3) is 3.51. The second kappa shape index (κ2) is 6.46. The van der Waals surface area contributed by atoms with Crippen LogP contribution in [0.5, 0.6) is 5.75 Å². The second-order valence-corrected chi connectivity index (χ2v) is 6.01. The first-order valence-corrected chi connectivity index (χ1v) is 7.84. The maximum atomic E-state index is 12.7.